The van der Waals surface area contributed by atoms with E-state index in [2.05, 4.69) is 30.1 Å². The number of rotatable bonds is 5. The summed E-state index contributed by atoms with van der Waals surface area (Å²) in [5.41, 5.74) is 8.95. The fourth-order valence-corrected chi connectivity index (χ4v) is 2.93. The molecule has 25 heavy (non-hydrogen) atoms. The highest BCUT2D eigenvalue weighted by molar-refractivity contribution is 5.55. The Labute approximate surface area is 147 Å². The number of nitrogens with one attached hydrogen (secondary N) is 1. The molecular weight excluding hydrogens is 316 g/mol. The number of allylic oxidation sites excluding steroid dienone is 1. The van der Waals surface area contributed by atoms with Crippen LogP contribution in [-0.2, 0) is 0 Å². The molecule has 0 radical (unpaired) electrons. The highest BCUT2D eigenvalue weighted by atomic mass is 16.5. The van der Waals surface area contributed by atoms with Crippen molar-refractivity contribution in [1.82, 2.24) is 10.2 Å². The summed E-state index contributed by atoms with van der Waals surface area (Å²) in [5, 5.41) is 16.6. The summed E-state index contributed by atoms with van der Waals surface area (Å²) >= 11 is 0. The van der Waals surface area contributed by atoms with E-state index < -0.39 is 0 Å². The van der Waals surface area contributed by atoms with Crippen LogP contribution in [0.2, 0.25) is 0 Å². The fourth-order valence-electron chi connectivity index (χ4n) is 2.93. The molecule has 0 saturated heterocycles. The van der Waals surface area contributed by atoms with Crippen molar-refractivity contribution in [2.24, 2.45) is 11.7 Å². The summed E-state index contributed by atoms with van der Waals surface area (Å²) in [6.07, 6.45) is 0.989. The number of fused-ring (bicyclic) bond motifs is 1. The monoisotopic (exact) mass is 338 g/mol. The van der Waals surface area contributed by atoms with E-state index in [1.165, 1.54) is 0 Å². The van der Waals surface area contributed by atoms with Gasteiger partial charge in [0.2, 0.25) is 11.8 Å². The Morgan fingerprint density at radius 1 is 1.44 bits per heavy atom. The predicted octanol–water partition coefficient (Wildman–Crippen LogP) is 3.36. The van der Waals surface area contributed by atoms with Crippen LogP contribution in [0.5, 0.6) is 11.6 Å². The molecule has 6 nitrogen and oxygen atoms in total. The number of ether oxygens (including phenoxy) is 2. The van der Waals surface area contributed by atoms with Crippen molar-refractivity contribution in [3.63, 3.8) is 0 Å². The van der Waals surface area contributed by atoms with Gasteiger partial charge in [0.05, 0.1) is 12.5 Å². The number of nitrogens with zero attached hydrogens (tertiary/aromatic N) is 2. The number of hydrogen-bond acceptors (Lipinski definition) is 5. The average Bonchev–Trinajstić information content (AvgIpc) is 2.94. The molecule has 1 aromatic heterocycles. The Balaban J connectivity index is 1.97. The lowest BCUT2D eigenvalue weighted by Crippen LogP contribution is -2.21. The number of nitriles is 1. The van der Waals surface area contributed by atoms with E-state index in [1.807, 2.05) is 31.2 Å². The Morgan fingerprint density at radius 2 is 2.24 bits per heavy atom. The number of benzene rings is 1. The summed E-state index contributed by atoms with van der Waals surface area (Å²) in [6, 6.07) is 9.95. The molecule has 6 heteroatoms. The molecular formula is C19H22N4O2. The zero-order chi connectivity index (χ0) is 18.0. The molecule has 130 valence electrons. The third-order valence-electron chi connectivity index (χ3n) is 4.28. The van der Waals surface area contributed by atoms with Crippen LogP contribution in [0.3, 0.4) is 0 Å². The van der Waals surface area contributed by atoms with E-state index in [0.29, 0.717) is 24.0 Å². The van der Waals surface area contributed by atoms with Crippen molar-refractivity contribution in [2.45, 2.75) is 33.1 Å². The zero-order valence-electron chi connectivity index (χ0n) is 14.7. The van der Waals surface area contributed by atoms with Gasteiger partial charge >= 0.3 is 0 Å². The lowest BCUT2D eigenvalue weighted by molar-refractivity contribution is 0.289. The molecule has 0 bridgehead atoms. The van der Waals surface area contributed by atoms with Gasteiger partial charge in [-0.05, 0) is 37.0 Å². The summed E-state index contributed by atoms with van der Waals surface area (Å²) in [4.78, 5) is 0. The largest absolute Gasteiger partial charge is 0.494 e. The van der Waals surface area contributed by atoms with Crippen LogP contribution in [0, 0.1) is 24.2 Å². The summed E-state index contributed by atoms with van der Waals surface area (Å²) in [6.45, 7) is 6.89. The second-order valence-corrected chi connectivity index (χ2v) is 6.60. The Bertz CT molecular complexity index is 845. The van der Waals surface area contributed by atoms with Gasteiger partial charge in [-0.15, -0.1) is 5.10 Å². The van der Waals surface area contributed by atoms with Gasteiger partial charge in [-0.25, -0.2) is 0 Å². The van der Waals surface area contributed by atoms with Crippen LogP contribution in [0.15, 0.2) is 35.7 Å². The second-order valence-electron chi connectivity index (χ2n) is 6.60. The number of aryl methyl sites for hydroxylation is 1. The topological polar surface area (TPSA) is 97.0 Å². The number of H-pyrrole nitrogens is 1. The minimum Gasteiger partial charge on any atom is -0.494 e. The molecule has 2 aromatic rings. The maximum absolute atomic E-state index is 9.59. The van der Waals surface area contributed by atoms with E-state index in [4.69, 9.17) is 15.2 Å². The average molecular weight is 338 g/mol. The molecule has 0 spiro atoms. The maximum Gasteiger partial charge on any atom is 0.244 e. The molecule has 3 rings (SSSR count). The number of nitrogens with two attached hydrogens (primary N) is 1. The molecule has 0 saturated carbocycles. The molecule has 1 atom stereocenters. The molecule has 1 aliphatic rings. The van der Waals surface area contributed by atoms with Gasteiger partial charge in [0.1, 0.15) is 17.4 Å². The van der Waals surface area contributed by atoms with Crippen molar-refractivity contribution in [3.05, 3.63) is 52.5 Å². The molecule has 0 unspecified atom stereocenters. The third-order valence-corrected chi connectivity index (χ3v) is 4.28. The first-order valence-electron chi connectivity index (χ1n) is 8.36. The minimum atomic E-state index is -0.318. The van der Waals surface area contributed by atoms with E-state index in [1.54, 1.807) is 0 Å². The molecule has 2 heterocycles. The number of aromatic nitrogens is 2. The fraction of sp³-hybridized carbons (Fsp3) is 0.368. The number of hydrogen-bond donors (Lipinski definition) is 2. The summed E-state index contributed by atoms with van der Waals surface area (Å²) in [5.74, 6) is 1.56. The molecule has 1 aromatic carbocycles. The van der Waals surface area contributed by atoms with Gasteiger partial charge in [0, 0.05) is 11.3 Å². The maximum atomic E-state index is 9.59. The highest BCUT2D eigenvalue weighted by Gasteiger charge is 2.34. The molecule has 1 aliphatic heterocycles. The van der Waals surface area contributed by atoms with Crippen LogP contribution in [0.4, 0.5) is 0 Å². The Morgan fingerprint density at radius 3 is 2.96 bits per heavy atom. The van der Waals surface area contributed by atoms with E-state index in [9.17, 15) is 5.26 Å². The van der Waals surface area contributed by atoms with Crippen LogP contribution < -0.4 is 15.2 Å². The Kier molecular flexibility index (Phi) is 4.66. The van der Waals surface area contributed by atoms with E-state index >= 15 is 0 Å². The minimum absolute atomic E-state index is 0.0950. The van der Waals surface area contributed by atoms with Crippen molar-refractivity contribution in [3.8, 4) is 17.7 Å². The first-order chi connectivity index (χ1) is 12.0. The molecule has 0 aliphatic carbocycles. The first-order valence-corrected chi connectivity index (χ1v) is 8.36. The van der Waals surface area contributed by atoms with Crippen LogP contribution >= 0.6 is 0 Å². The van der Waals surface area contributed by atoms with Gasteiger partial charge in [0.15, 0.2) is 0 Å². The van der Waals surface area contributed by atoms with Crippen LogP contribution in [0.25, 0.3) is 0 Å². The van der Waals surface area contributed by atoms with Crippen molar-refractivity contribution in [2.75, 3.05) is 6.61 Å². The Hall–Kier alpha value is -2.94. The van der Waals surface area contributed by atoms with Gasteiger partial charge in [-0.3, -0.25) is 5.10 Å². The van der Waals surface area contributed by atoms with Gasteiger partial charge in [-0.1, -0.05) is 26.0 Å². The lowest BCUT2D eigenvalue weighted by Gasteiger charge is -2.24. The quantitative estimate of drug-likeness (QED) is 0.871. The van der Waals surface area contributed by atoms with Crippen LogP contribution in [0.1, 0.15) is 43.0 Å². The van der Waals surface area contributed by atoms with Crippen molar-refractivity contribution < 1.29 is 9.47 Å². The van der Waals surface area contributed by atoms with Gasteiger partial charge in [0.25, 0.3) is 0 Å². The van der Waals surface area contributed by atoms with E-state index in [0.717, 1.165) is 29.0 Å². The van der Waals surface area contributed by atoms with Gasteiger partial charge < -0.3 is 15.2 Å². The highest BCUT2D eigenvalue weighted by Crippen LogP contribution is 2.43. The van der Waals surface area contributed by atoms with Crippen LogP contribution in [-0.4, -0.2) is 16.8 Å². The third kappa shape index (κ3) is 3.31. The zero-order valence-corrected chi connectivity index (χ0v) is 14.7. The predicted molar refractivity (Wildman–Crippen MR) is 94.0 cm³/mol. The lowest BCUT2D eigenvalue weighted by atomic mass is 9.84. The normalized spacial score (nSPS) is 16.4. The first kappa shape index (κ1) is 16.9. The van der Waals surface area contributed by atoms with Crippen molar-refractivity contribution >= 4 is 0 Å². The number of aromatic amines is 1. The SMILES string of the molecule is Cc1[nH]nc2c1[C@H](c1cccc(OCCC(C)C)c1)C(C#N)=C(N)O2. The molecule has 0 fully saturated rings. The van der Waals surface area contributed by atoms with E-state index in [-0.39, 0.29) is 11.8 Å². The van der Waals surface area contributed by atoms with Gasteiger partial charge in [-0.2, -0.15) is 5.26 Å². The summed E-state index contributed by atoms with van der Waals surface area (Å²) < 4.78 is 11.3. The second kappa shape index (κ2) is 6.89. The molecule has 0 amide bonds. The van der Waals surface area contributed by atoms with Crippen molar-refractivity contribution in [1.29, 1.82) is 5.26 Å². The summed E-state index contributed by atoms with van der Waals surface area (Å²) in [7, 11) is 0. The smallest absolute Gasteiger partial charge is 0.244 e. The standard InChI is InChI=1S/C19H22N4O2/c1-11(2)7-8-24-14-6-4-5-13(9-14)17-15(10-20)18(21)25-19-16(17)12(3)22-23-19/h4-6,9,11,17H,7-8,21H2,1-3H3,(H,22,23)/t17-/m1/s1. The molecule has 3 N–H and O–H groups in total.